The van der Waals surface area contributed by atoms with Gasteiger partial charge in [0, 0.05) is 26.1 Å². The van der Waals surface area contributed by atoms with Crippen molar-refractivity contribution >= 4 is 46.2 Å². The minimum absolute atomic E-state index is 0.0812. The van der Waals surface area contributed by atoms with E-state index in [1.54, 1.807) is 4.90 Å². The van der Waals surface area contributed by atoms with Crippen molar-refractivity contribution in [3.63, 3.8) is 0 Å². The molecule has 0 aromatic heterocycles. The van der Waals surface area contributed by atoms with Crippen molar-refractivity contribution in [2.75, 3.05) is 19.9 Å². The highest BCUT2D eigenvalue weighted by Crippen LogP contribution is 2.36. The number of fused-ring (bicyclic) bond motifs is 1. The first-order chi connectivity index (χ1) is 15.5. The van der Waals surface area contributed by atoms with Gasteiger partial charge in [-0.1, -0.05) is 60.4 Å². The number of thiocarbonyl (C=S) groups is 1. The molecule has 32 heavy (non-hydrogen) atoms. The number of nitrogens with zero attached hydrogens (tertiary/aromatic N) is 2. The predicted octanol–water partition coefficient (Wildman–Crippen LogP) is 4.45. The average molecular weight is 469 g/mol. The zero-order chi connectivity index (χ0) is 22.5. The lowest BCUT2D eigenvalue weighted by molar-refractivity contribution is -0.132. The number of hydrogen-bond donors (Lipinski definition) is 0. The van der Waals surface area contributed by atoms with Crippen LogP contribution in [0.25, 0.3) is 6.08 Å². The molecule has 1 fully saturated rings. The largest absolute Gasteiger partial charge is 0.454 e. The Balaban J connectivity index is 1.32. The summed E-state index contributed by atoms with van der Waals surface area (Å²) in [6.45, 7) is 3.85. The van der Waals surface area contributed by atoms with Gasteiger partial charge in [-0.2, -0.15) is 0 Å². The Morgan fingerprint density at radius 3 is 2.75 bits per heavy atom. The molecule has 0 radical (unpaired) electrons. The summed E-state index contributed by atoms with van der Waals surface area (Å²) in [5.74, 6) is 1.33. The van der Waals surface area contributed by atoms with Gasteiger partial charge in [0.1, 0.15) is 4.32 Å². The number of thioether (sulfide) groups is 1. The van der Waals surface area contributed by atoms with E-state index < -0.39 is 0 Å². The van der Waals surface area contributed by atoms with Crippen molar-refractivity contribution in [1.29, 1.82) is 0 Å². The monoisotopic (exact) mass is 468 g/mol. The lowest BCUT2D eigenvalue weighted by Gasteiger charge is -2.22. The van der Waals surface area contributed by atoms with Crippen molar-refractivity contribution in [2.45, 2.75) is 26.3 Å². The Kier molecular flexibility index (Phi) is 7.12. The molecule has 0 bridgehead atoms. The third-order valence-corrected chi connectivity index (χ3v) is 6.67. The van der Waals surface area contributed by atoms with E-state index in [-0.39, 0.29) is 18.6 Å². The summed E-state index contributed by atoms with van der Waals surface area (Å²) in [7, 11) is 0. The first-order valence-electron chi connectivity index (χ1n) is 10.5. The minimum atomic E-state index is -0.123. The molecule has 0 atom stereocenters. The molecule has 0 unspecified atom stereocenters. The van der Waals surface area contributed by atoms with E-state index in [9.17, 15) is 9.59 Å². The maximum absolute atomic E-state index is 12.9. The molecular formula is C24H24N2O4S2. The topological polar surface area (TPSA) is 59.1 Å². The molecular weight excluding hydrogens is 444 g/mol. The molecule has 2 aromatic carbocycles. The van der Waals surface area contributed by atoms with E-state index in [2.05, 4.69) is 0 Å². The molecule has 0 spiro atoms. The summed E-state index contributed by atoms with van der Waals surface area (Å²) < 4.78 is 11.2. The molecule has 166 valence electrons. The van der Waals surface area contributed by atoms with Crippen molar-refractivity contribution in [3.8, 4) is 11.5 Å². The van der Waals surface area contributed by atoms with E-state index in [0.717, 1.165) is 11.1 Å². The van der Waals surface area contributed by atoms with Gasteiger partial charge in [0.2, 0.25) is 12.7 Å². The number of ether oxygens (including phenoxy) is 2. The Morgan fingerprint density at radius 1 is 1.19 bits per heavy atom. The highest BCUT2D eigenvalue weighted by molar-refractivity contribution is 8.26. The molecule has 4 rings (SSSR count). The molecule has 0 saturated carbocycles. The molecule has 0 N–H and O–H groups in total. The van der Waals surface area contributed by atoms with Crippen LogP contribution in [0.15, 0.2) is 53.4 Å². The second-order valence-electron chi connectivity index (χ2n) is 7.44. The second-order valence-corrected chi connectivity index (χ2v) is 9.12. The van der Waals surface area contributed by atoms with E-state index in [4.69, 9.17) is 21.7 Å². The summed E-state index contributed by atoms with van der Waals surface area (Å²) in [5, 5.41) is 0. The second kappa shape index (κ2) is 10.2. The van der Waals surface area contributed by atoms with E-state index >= 15 is 0 Å². The first kappa shape index (κ1) is 22.4. The fourth-order valence-electron chi connectivity index (χ4n) is 3.57. The van der Waals surface area contributed by atoms with Crippen molar-refractivity contribution in [3.05, 3.63) is 64.6 Å². The van der Waals surface area contributed by atoms with Crippen LogP contribution in [0.5, 0.6) is 11.5 Å². The lowest BCUT2D eigenvalue weighted by atomic mass is 10.2. The summed E-state index contributed by atoms with van der Waals surface area (Å²) in [4.78, 5) is 29.5. The lowest BCUT2D eigenvalue weighted by Crippen LogP contribution is -2.32. The Morgan fingerprint density at radius 2 is 1.97 bits per heavy atom. The Hall–Kier alpha value is -2.84. The third-order valence-electron chi connectivity index (χ3n) is 5.29. The minimum Gasteiger partial charge on any atom is -0.454 e. The highest BCUT2D eigenvalue weighted by atomic mass is 32.2. The molecule has 2 aliphatic rings. The van der Waals surface area contributed by atoms with Crippen LogP contribution in [0.3, 0.4) is 0 Å². The van der Waals surface area contributed by atoms with Gasteiger partial charge in [-0.15, -0.1) is 0 Å². The van der Waals surface area contributed by atoms with Gasteiger partial charge in [-0.25, -0.2) is 0 Å². The molecule has 2 amide bonds. The van der Waals surface area contributed by atoms with Gasteiger partial charge in [0.15, 0.2) is 11.5 Å². The number of carbonyl (C=O) groups is 2. The molecule has 2 aromatic rings. The average Bonchev–Trinajstić information content (AvgIpc) is 3.37. The van der Waals surface area contributed by atoms with E-state index in [1.165, 1.54) is 11.8 Å². The van der Waals surface area contributed by atoms with Crippen LogP contribution < -0.4 is 9.47 Å². The molecule has 6 nitrogen and oxygen atoms in total. The van der Waals surface area contributed by atoms with Crippen LogP contribution in [0.2, 0.25) is 0 Å². The fraction of sp³-hybridized carbons (Fsp3) is 0.292. The van der Waals surface area contributed by atoms with Crippen molar-refractivity contribution < 1.29 is 19.1 Å². The number of hydrogen-bond acceptors (Lipinski definition) is 6. The normalized spacial score (nSPS) is 16.2. The number of benzene rings is 2. The summed E-state index contributed by atoms with van der Waals surface area (Å²) in [6, 6.07) is 15.5. The van der Waals surface area contributed by atoms with Crippen LogP contribution in [-0.4, -0.2) is 45.8 Å². The van der Waals surface area contributed by atoms with E-state index in [1.807, 2.05) is 66.4 Å². The van der Waals surface area contributed by atoms with Crippen molar-refractivity contribution in [1.82, 2.24) is 9.80 Å². The number of rotatable bonds is 8. The first-order valence-corrected chi connectivity index (χ1v) is 11.7. The number of carbonyl (C=O) groups excluding carboxylic acids is 2. The Labute approximate surface area is 197 Å². The van der Waals surface area contributed by atoms with E-state index in [0.29, 0.717) is 53.2 Å². The van der Waals surface area contributed by atoms with Crippen LogP contribution in [0.1, 0.15) is 30.9 Å². The molecule has 8 heteroatoms. The smallest absolute Gasteiger partial charge is 0.266 e. The van der Waals surface area contributed by atoms with Gasteiger partial charge in [-0.3, -0.25) is 14.5 Å². The standard InChI is InChI=1S/C24H24N2O4S2/c1-2-25(15-17-7-4-3-5-8-17)22(27)9-6-12-26-23(28)21(32-24(26)31)14-18-10-11-19-20(13-18)30-16-29-19/h3-5,7-8,10-11,13-14H,2,6,9,12,15-16H2,1H3/b21-14-. The maximum Gasteiger partial charge on any atom is 0.266 e. The summed E-state index contributed by atoms with van der Waals surface area (Å²) in [6.07, 6.45) is 2.75. The van der Waals surface area contributed by atoms with Crippen LogP contribution in [0.4, 0.5) is 0 Å². The van der Waals surface area contributed by atoms with Crippen LogP contribution in [0, 0.1) is 0 Å². The van der Waals surface area contributed by atoms with Crippen LogP contribution >= 0.6 is 24.0 Å². The van der Waals surface area contributed by atoms with Gasteiger partial charge in [0.25, 0.3) is 5.91 Å². The van der Waals surface area contributed by atoms with Gasteiger partial charge >= 0.3 is 0 Å². The summed E-state index contributed by atoms with van der Waals surface area (Å²) in [5.41, 5.74) is 1.96. The van der Waals surface area contributed by atoms with Crippen molar-refractivity contribution in [2.24, 2.45) is 0 Å². The Bertz CT molecular complexity index is 1060. The SMILES string of the molecule is CCN(Cc1ccccc1)C(=O)CCCN1C(=O)/C(=C/c2ccc3c(c2)OCO3)SC1=S. The molecule has 1 saturated heterocycles. The number of amides is 2. The van der Waals surface area contributed by atoms with Crippen LogP contribution in [-0.2, 0) is 16.1 Å². The molecule has 2 aliphatic heterocycles. The zero-order valence-electron chi connectivity index (χ0n) is 17.8. The predicted molar refractivity (Wildman–Crippen MR) is 129 cm³/mol. The van der Waals surface area contributed by atoms with Gasteiger partial charge in [-0.05, 0) is 42.7 Å². The quantitative estimate of drug-likeness (QED) is 0.422. The van der Waals surface area contributed by atoms with Gasteiger partial charge in [0.05, 0.1) is 4.91 Å². The zero-order valence-corrected chi connectivity index (χ0v) is 19.4. The highest BCUT2D eigenvalue weighted by Gasteiger charge is 2.32. The maximum atomic E-state index is 12.9. The molecule has 2 heterocycles. The fourth-order valence-corrected chi connectivity index (χ4v) is 4.88. The third kappa shape index (κ3) is 5.14. The van der Waals surface area contributed by atoms with Gasteiger partial charge < -0.3 is 14.4 Å². The molecule has 0 aliphatic carbocycles. The summed E-state index contributed by atoms with van der Waals surface area (Å²) >= 11 is 6.70.